The zero-order valence-corrected chi connectivity index (χ0v) is 18.0. The van der Waals surface area contributed by atoms with E-state index in [4.69, 9.17) is 18.8 Å². The van der Waals surface area contributed by atoms with Gasteiger partial charge in [0.15, 0.2) is 10.8 Å². The van der Waals surface area contributed by atoms with Gasteiger partial charge in [-0.15, -0.1) is 0 Å². The van der Waals surface area contributed by atoms with Crippen LogP contribution < -0.4 is 10.2 Å². The molecule has 0 spiro atoms. The fraction of sp³-hybridized carbons (Fsp3) is 0.391. The Morgan fingerprint density at radius 3 is 2.55 bits per heavy atom. The molecule has 1 aliphatic rings. The molecule has 0 atom stereocenters. The molecule has 0 unspecified atom stereocenters. The Hall–Kier alpha value is -2.49. The Morgan fingerprint density at radius 2 is 1.97 bits per heavy atom. The second kappa shape index (κ2) is 9.34. The number of benzene rings is 2. The van der Waals surface area contributed by atoms with Crippen LogP contribution in [0.3, 0.4) is 0 Å². The highest BCUT2D eigenvalue weighted by molar-refractivity contribution is 7.80. The Bertz CT molecular complexity index is 929. The molecule has 1 N–H and O–H groups in total. The van der Waals surface area contributed by atoms with E-state index in [0.717, 1.165) is 35.6 Å². The van der Waals surface area contributed by atoms with E-state index in [1.807, 2.05) is 49.9 Å². The number of aryl methyl sites for hydroxylation is 1. The Balaban J connectivity index is 1.78. The van der Waals surface area contributed by atoms with Crippen molar-refractivity contribution in [1.82, 2.24) is 4.90 Å². The fourth-order valence-corrected chi connectivity index (χ4v) is 4.12. The van der Waals surface area contributed by atoms with Crippen LogP contribution in [0, 0.1) is 19.3 Å². The van der Waals surface area contributed by atoms with Crippen molar-refractivity contribution in [2.24, 2.45) is 0 Å². The zero-order valence-electron chi connectivity index (χ0n) is 17.2. The molecular formula is C23H27FN4S. The molecule has 29 heavy (non-hydrogen) atoms. The van der Waals surface area contributed by atoms with E-state index >= 15 is 0 Å². The van der Waals surface area contributed by atoms with Crippen LogP contribution in [-0.2, 0) is 6.54 Å². The van der Waals surface area contributed by atoms with Crippen molar-refractivity contribution in [2.45, 2.75) is 46.2 Å². The van der Waals surface area contributed by atoms with Gasteiger partial charge in [-0.1, -0.05) is 12.1 Å². The number of thiocarbonyl (C=S) groups is 1. The molecule has 0 aliphatic carbocycles. The van der Waals surface area contributed by atoms with Gasteiger partial charge in [-0.2, -0.15) is 0 Å². The number of anilines is 2. The molecule has 152 valence electrons. The number of nitrogens with zero attached hydrogens (tertiary/aromatic N) is 3. The molecule has 1 fully saturated rings. The van der Waals surface area contributed by atoms with Crippen molar-refractivity contribution >= 4 is 34.4 Å². The highest BCUT2D eigenvalue weighted by Crippen LogP contribution is 2.26. The summed E-state index contributed by atoms with van der Waals surface area (Å²) in [4.78, 5) is 7.69. The van der Waals surface area contributed by atoms with Crippen LogP contribution in [0.25, 0.3) is 4.85 Å². The molecule has 0 aromatic heterocycles. The summed E-state index contributed by atoms with van der Waals surface area (Å²) in [5, 5.41) is 3.73. The first-order valence-corrected chi connectivity index (χ1v) is 10.4. The second-order valence-corrected chi connectivity index (χ2v) is 8.15. The minimum atomic E-state index is -0.194. The highest BCUT2D eigenvalue weighted by Gasteiger charge is 2.19. The van der Waals surface area contributed by atoms with E-state index in [2.05, 4.69) is 15.1 Å². The predicted octanol–water partition coefficient (Wildman–Crippen LogP) is 5.89. The Labute approximate surface area is 178 Å². The minimum absolute atomic E-state index is 0.0578. The third-order valence-corrected chi connectivity index (χ3v) is 5.51. The normalized spacial score (nSPS) is 14.1. The van der Waals surface area contributed by atoms with Gasteiger partial charge in [-0.25, -0.2) is 9.24 Å². The van der Waals surface area contributed by atoms with Crippen molar-refractivity contribution in [3.63, 3.8) is 0 Å². The second-order valence-electron chi connectivity index (χ2n) is 7.77. The number of halogens is 1. The number of likely N-dealkylation sites (tertiary alicyclic amines) is 1. The number of hydrogen-bond donors (Lipinski definition) is 1. The van der Waals surface area contributed by atoms with Crippen LogP contribution in [0.1, 0.15) is 37.8 Å². The lowest BCUT2D eigenvalue weighted by Gasteiger charge is -2.30. The predicted molar refractivity (Wildman–Crippen MR) is 122 cm³/mol. The molecule has 2 aromatic rings. The topological polar surface area (TPSA) is 22.9 Å². The first-order chi connectivity index (χ1) is 13.9. The highest BCUT2D eigenvalue weighted by atomic mass is 32.1. The third-order valence-electron chi connectivity index (χ3n) is 5.21. The van der Waals surface area contributed by atoms with Gasteiger partial charge in [0.1, 0.15) is 5.82 Å². The zero-order chi connectivity index (χ0) is 21.0. The lowest BCUT2D eigenvalue weighted by Crippen LogP contribution is -2.40. The quantitative estimate of drug-likeness (QED) is 0.490. The van der Waals surface area contributed by atoms with Crippen molar-refractivity contribution in [1.29, 1.82) is 0 Å². The van der Waals surface area contributed by atoms with Gasteiger partial charge in [0, 0.05) is 29.5 Å². The van der Waals surface area contributed by atoms with Gasteiger partial charge in [0.05, 0.1) is 6.57 Å². The molecule has 4 nitrogen and oxygen atoms in total. The van der Waals surface area contributed by atoms with Crippen molar-refractivity contribution in [3.05, 3.63) is 64.8 Å². The molecule has 2 aromatic carbocycles. The van der Waals surface area contributed by atoms with Gasteiger partial charge in [0.2, 0.25) is 0 Å². The number of rotatable bonds is 5. The van der Waals surface area contributed by atoms with Crippen molar-refractivity contribution in [2.75, 3.05) is 23.3 Å². The fourth-order valence-electron chi connectivity index (χ4n) is 3.69. The van der Waals surface area contributed by atoms with Gasteiger partial charge in [0.25, 0.3) is 0 Å². The van der Waals surface area contributed by atoms with E-state index in [9.17, 15) is 4.39 Å². The van der Waals surface area contributed by atoms with Gasteiger partial charge in [-0.3, -0.25) is 4.90 Å². The van der Waals surface area contributed by atoms with E-state index in [0.29, 0.717) is 17.3 Å². The monoisotopic (exact) mass is 410 g/mol. The van der Waals surface area contributed by atoms with Crippen molar-refractivity contribution in [3.8, 4) is 0 Å². The van der Waals surface area contributed by atoms with Crippen LogP contribution in [0.5, 0.6) is 0 Å². The minimum Gasteiger partial charge on any atom is -0.332 e. The van der Waals surface area contributed by atoms with Crippen LogP contribution in [0.4, 0.5) is 21.5 Å². The lowest BCUT2D eigenvalue weighted by atomic mass is 10.1. The summed E-state index contributed by atoms with van der Waals surface area (Å²) in [7, 11) is 0. The molecule has 3 rings (SSSR count). The lowest BCUT2D eigenvalue weighted by molar-refractivity contribution is 0.325. The molecule has 0 radical (unpaired) electrons. The summed E-state index contributed by atoms with van der Waals surface area (Å²) < 4.78 is 14.8. The Morgan fingerprint density at radius 1 is 1.24 bits per heavy atom. The maximum atomic E-state index is 14.8. The largest absolute Gasteiger partial charge is 0.332 e. The summed E-state index contributed by atoms with van der Waals surface area (Å²) in [6.45, 7) is 15.9. The third kappa shape index (κ3) is 5.11. The average molecular weight is 411 g/mol. The molecular weight excluding hydrogens is 383 g/mol. The maximum Gasteiger partial charge on any atom is 0.190 e. The summed E-state index contributed by atoms with van der Waals surface area (Å²) in [5.74, 6) is -0.194. The SMILES string of the molecule is [C-]#[N+]c1ccc(NC(=S)N(c2ccc(CN3CCCC3)c(F)c2)C(C)C)cc1C. The Kier molecular flexibility index (Phi) is 6.83. The van der Waals surface area contributed by atoms with E-state index < -0.39 is 0 Å². The summed E-state index contributed by atoms with van der Waals surface area (Å²) >= 11 is 5.64. The summed E-state index contributed by atoms with van der Waals surface area (Å²) in [6.07, 6.45) is 2.38. The summed E-state index contributed by atoms with van der Waals surface area (Å²) in [6, 6.07) is 11.0. The van der Waals surface area contributed by atoms with Gasteiger partial charge >= 0.3 is 0 Å². The van der Waals surface area contributed by atoms with Gasteiger partial charge < -0.3 is 10.2 Å². The molecule has 0 bridgehead atoms. The van der Waals surface area contributed by atoms with E-state index in [1.165, 1.54) is 12.8 Å². The average Bonchev–Trinajstić information content (AvgIpc) is 3.17. The molecule has 1 aliphatic heterocycles. The van der Waals surface area contributed by atoms with Crippen LogP contribution >= 0.6 is 12.2 Å². The molecule has 1 heterocycles. The van der Waals surface area contributed by atoms with Crippen LogP contribution in [-0.4, -0.2) is 29.1 Å². The molecule has 0 saturated carbocycles. The van der Waals surface area contributed by atoms with E-state index in [-0.39, 0.29) is 11.9 Å². The van der Waals surface area contributed by atoms with E-state index in [1.54, 1.807) is 12.1 Å². The maximum absolute atomic E-state index is 14.8. The number of hydrogen-bond acceptors (Lipinski definition) is 2. The van der Waals surface area contributed by atoms with Crippen molar-refractivity contribution < 1.29 is 4.39 Å². The molecule has 0 amide bonds. The smallest absolute Gasteiger partial charge is 0.190 e. The standard InChI is InChI=1S/C23H27FN4S/c1-16(2)28(23(29)26-19-8-10-22(25-4)17(3)13-19)20-9-7-18(21(24)14-20)15-27-11-5-6-12-27/h7-10,13-14,16H,5-6,11-12,15H2,1-3H3,(H,26,29). The first-order valence-electron chi connectivity index (χ1n) is 9.98. The van der Waals surface area contributed by atoms with Crippen LogP contribution in [0.15, 0.2) is 36.4 Å². The molecule has 1 saturated heterocycles. The summed E-state index contributed by atoms with van der Waals surface area (Å²) in [5.41, 5.74) is 3.79. The number of nitrogens with one attached hydrogen (secondary N) is 1. The van der Waals surface area contributed by atoms with Crippen LogP contribution in [0.2, 0.25) is 0 Å². The first kappa shape index (κ1) is 21.2. The van der Waals surface area contributed by atoms with Gasteiger partial charge in [-0.05, 0) is 88.7 Å². The molecule has 6 heteroatoms.